The second-order valence-corrected chi connectivity index (χ2v) is 6.53. The van der Waals surface area contributed by atoms with Crippen molar-refractivity contribution in [2.24, 2.45) is 0 Å². The number of thiazole rings is 1. The van der Waals surface area contributed by atoms with Gasteiger partial charge in [0.1, 0.15) is 6.61 Å². The molecule has 0 fully saturated rings. The van der Waals surface area contributed by atoms with E-state index in [4.69, 9.17) is 4.74 Å². The van der Waals surface area contributed by atoms with E-state index < -0.39 is 10.9 Å². The van der Waals surface area contributed by atoms with Gasteiger partial charge in [0.2, 0.25) is 5.91 Å². The maximum Gasteiger partial charge on any atom is 0.338 e. The predicted molar refractivity (Wildman–Crippen MR) is 104 cm³/mol. The minimum atomic E-state index is -0.690. The van der Waals surface area contributed by atoms with Crippen molar-refractivity contribution >= 4 is 39.7 Å². The Morgan fingerprint density at radius 3 is 2.61 bits per heavy atom. The number of benzene rings is 2. The number of nitrogens with zero attached hydrogens (tertiary/aromatic N) is 3. The minimum Gasteiger partial charge on any atom is -0.456 e. The molecule has 0 radical (unpaired) electrons. The van der Waals surface area contributed by atoms with E-state index in [9.17, 15) is 19.7 Å². The first kappa shape index (κ1) is 19.2. The van der Waals surface area contributed by atoms with Crippen LogP contribution in [0.3, 0.4) is 0 Å². The summed E-state index contributed by atoms with van der Waals surface area (Å²) in [5.41, 5.74) is 1.05. The van der Waals surface area contributed by atoms with Crippen molar-refractivity contribution in [1.82, 2.24) is 4.98 Å². The Kier molecular flexibility index (Phi) is 5.75. The predicted octanol–water partition coefficient (Wildman–Crippen LogP) is 4.09. The lowest BCUT2D eigenvalue weighted by Gasteiger charge is -2.17. The van der Waals surface area contributed by atoms with Crippen LogP contribution in [-0.4, -0.2) is 21.8 Å². The molecule has 28 heavy (non-hydrogen) atoms. The summed E-state index contributed by atoms with van der Waals surface area (Å²) < 4.78 is 5.19. The molecule has 1 amide bonds. The number of esters is 1. The molecule has 0 aliphatic carbocycles. The van der Waals surface area contributed by atoms with E-state index in [1.807, 2.05) is 18.2 Å². The number of carbonyl (C=O) groups is 2. The lowest BCUT2D eigenvalue weighted by molar-refractivity contribution is -0.384. The smallest absolute Gasteiger partial charge is 0.338 e. The van der Waals surface area contributed by atoms with Gasteiger partial charge in [-0.25, -0.2) is 9.78 Å². The van der Waals surface area contributed by atoms with Gasteiger partial charge in [0.25, 0.3) is 5.69 Å². The number of anilines is 2. The zero-order valence-electron chi connectivity index (χ0n) is 14.8. The van der Waals surface area contributed by atoms with Gasteiger partial charge in [0.15, 0.2) is 5.13 Å². The molecule has 1 aromatic heterocycles. The van der Waals surface area contributed by atoms with Crippen molar-refractivity contribution in [3.05, 3.63) is 81.3 Å². The van der Waals surface area contributed by atoms with Crippen molar-refractivity contribution in [3.8, 4) is 0 Å². The first-order chi connectivity index (χ1) is 13.5. The largest absolute Gasteiger partial charge is 0.456 e. The number of amides is 1. The monoisotopic (exact) mass is 397 g/mol. The van der Waals surface area contributed by atoms with Gasteiger partial charge >= 0.3 is 5.97 Å². The van der Waals surface area contributed by atoms with Gasteiger partial charge < -0.3 is 4.74 Å². The van der Waals surface area contributed by atoms with E-state index in [-0.39, 0.29) is 23.8 Å². The molecular weight excluding hydrogens is 382 g/mol. The van der Waals surface area contributed by atoms with E-state index in [0.29, 0.717) is 16.5 Å². The molecule has 8 nitrogen and oxygen atoms in total. The summed E-state index contributed by atoms with van der Waals surface area (Å²) in [5.74, 6) is -0.884. The Morgan fingerprint density at radius 1 is 1.18 bits per heavy atom. The number of para-hydroxylation sites is 1. The zero-order valence-corrected chi connectivity index (χ0v) is 15.6. The van der Waals surface area contributed by atoms with Crippen LogP contribution in [0.5, 0.6) is 0 Å². The third-order valence-corrected chi connectivity index (χ3v) is 4.58. The molecule has 0 bridgehead atoms. The molecule has 0 atom stereocenters. The summed E-state index contributed by atoms with van der Waals surface area (Å²) >= 11 is 1.25. The third kappa shape index (κ3) is 4.38. The summed E-state index contributed by atoms with van der Waals surface area (Å²) in [6, 6.07) is 14.4. The van der Waals surface area contributed by atoms with Crippen molar-refractivity contribution < 1.29 is 19.2 Å². The van der Waals surface area contributed by atoms with Gasteiger partial charge in [0, 0.05) is 24.4 Å². The Hall–Kier alpha value is -3.59. The van der Waals surface area contributed by atoms with Crippen molar-refractivity contribution in [3.63, 3.8) is 0 Å². The quantitative estimate of drug-likeness (QED) is 0.353. The number of ether oxygens (including phenoxy) is 1. The second-order valence-electron chi connectivity index (χ2n) is 5.69. The van der Waals surface area contributed by atoms with E-state index in [1.54, 1.807) is 17.5 Å². The number of aromatic nitrogens is 1. The van der Waals surface area contributed by atoms with E-state index in [1.165, 1.54) is 41.4 Å². The Labute approximate surface area is 164 Å². The maximum atomic E-state index is 12.1. The average molecular weight is 397 g/mol. The summed E-state index contributed by atoms with van der Waals surface area (Å²) in [7, 11) is 0. The number of non-ortho nitro benzene ring substituents is 1. The van der Waals surface area contributed by atoms with Crippen LogP contribution >= 0.6 is 11.3 Å². The highest BCUT2D eigenvalue weighted by Crippen LogP contribution is 2.29. The molecule has 0 aliphatic rings. The van der Waals surface area contributed by atoms with Crippen LogP contribution in [0.25, 0.3) is 0 Å². The van der Waals surface area contributed by atoms with Crippen LogP contribution in [0.2, 0.25) is 0 Å². The molecule has 1 heterocycles. The van der Waals surface area contributed by atoms with Crippen LogP contribution in [0, 0.1) is 10.1 Å². The number of nitro groups is 1. The Morgan fingerprint density at radius 2 is 1.93 bits per heavy atom. The minimum absolute atomic E-state index is 0.0827. The standard InChI is InChI=1S/C19H15N3O5S/c1-13(23)21(16-7-3-2-4-8-16)19-20-15(12-28-19)11-27-18(24)14-6-5-9-17(10-14)22(25)26/h2-10,12H,11H2,1H3. The molecule has 0 N–H and O–H groups in total. The van der Waals surface area contributed by atoms with Gasteiger partial charge in [-0.15, -0.1) is 11.3 Å². The highest BCUT2D eigenvalue weighted by atomic mass is 32.1. The number of nitro benzene ring substituents is 1. The molecule has 3 aromatic rings. The number of hydrogen-bond acceptors (Lipinski definition) is 7. The lowest BCUT2D eigenvalue weighted by atomic mass is 10.2. The van der Waals surface area contributed by atoms with Crippen LogP contribution in [-0.2, 0) is 16.1 Å². The first-order valence-electron chi connectivity index (χ1n) is 8.17. The highest BCUT2D eigenvalue weighted by molar-refractivity contribution is 7.14. The van der Waals surface area contributed by atoms with Gasteiger partial charge in [-0.2, -0.15) is 0 Å². The molecule has 2 aromatic carbocycles. The van der Waals surface area contributed by atoms with Gasteiger partial charge in [-0.3, -0.25) is 19.8 Å². The number of rotatable bonds is 6. The van der Waals surface area contributed by atoms with E-state index >= 15 is 0 Å². The molecule has 0 aliphatic heterocycles. The fourth-order valence-corrected chi connectivity index (χ4v) is 3.31. The molecule has 0 spiro atoms. The summed E-state index contributed by atoms with van der Waals surface area (Å²) in [6.45, 7) is 1.33. The van der Waals surface area contributed by atoms with E-state index in [0.717, 1.165) is 6.07 Å². The van der Waals surface area contributed by atoms with Crippen molar-refractivity contribution in [1.29, 1.82) is 0 Å². The summed E-state index contributed by atoms with van der Waals surface area (Å²) in [6.07, 6.45) is 0. The van der Waals surface area contributed by atoms with Gasteiger partial charge in [-0.05, 0) is 18.2 Å². The third-order valence-electron chi connectivity index (χ3n) is 3.70. The van der Waals surface area contributed by atoms with Crippen molar-refractivity contribution in [2.75, 3.05) is 4.90 Å². The maximum absolute atomic E-state index is 12.1. The lowest BCUT2D eigenvalue weighted by Crippen LogP contribution is -2.22. The molecule has 0 saturated carbocycles. The summed E-state index contributed by atoms with van der Waals surface area (Å²) in [4.78, 5) is 40.2. The SMILES string of the molecule is CC(=O)N(c1ccccc1)c1nc(COC(=O)c2cccc([N+](=O)[O-])c2)cs1. The Bertz CT molecular complexity index is 1020. The molecule has 3 rings (SSSR count). The van der Waals surface area contributed by atoms with Crippen LogP contribution in [0.15, 0.2) is 60.0 Å². The number of carbonyl (C=O) groups excluding carboxylic acids is 2. The van der Waals surface area contributed by atoms with Gasteiger partial charge in [-0.1, -0.05) is 24.3 Å². The molecule has 142 valence electrons. The molecular formula is C19H15N3O5S. The fraction of sp³-hybridized carbons (Fsp3) is 0.105. The average Bonchev–Trinajstić information content (AvgIpc) is 3.15. The fourth-order valence-electron chi connectivity index (χ4n) is 2.44. The van der Waals surface area contributed by atoms with Crippen LogP contribution in [0.1, 0.15) is 23.0 Å². The molecule has 9 heteroatoms. The number of hydrogen-bond donors (Lipinski definition) is 0. The molecule has 0 saturated heterocycles. The Balaban J connectivity index is 1.71. The van der Waals surface area contributed by atoms with E-state index in [2.05, 4.69) is 4.98 Å². The molecule has 0 unspecified atom stereocenters. The highest BCUT2D eigenvalue weighted by Gasteiger charge is 2.18. The second kappa shape index (κ2) is 8.40. The van der Waals surface area contributed by atoms with Gasteiger partial charge in [0.05, 0.1) is 21.9 Å². The normalized spacial score (nSPS) is 10.3. The van der Waals surface area contributed by atoms with Crippen LogP contribution in [0.4, 0.5) is 16.5 Å². The zero-order chi connectivity index (χ0) is 20.1. The topological polar surface area (TPSA) is 103 Å². The van der Waals surface area contributed by atoms with Crippen LogP contribution < -0.4 is 4.90 Å². The van der Waals surface area contributed by atoms with Crippen molar-refractivity contribution in [2.45, 2.75) is 13.5 Å². The first-order valence-corrected chi connectivity index (χ1v) is 9.05. The summed E-state index contributed by atoms with van der Waals surface area (Å²) in [5, 5.41) is 13.0.